The molecule has 0 aliphatic carbocycles. The number of aryl methyl sites for hydroxylation is 1. The molecule has 2 aromatic carbocycles. The van der Waals surface area contributed by atoms with Crippen LogP contribution in [-0.4, -0.2) is 28.8 Å². The third kappa shape index (κ3) is 7.99. The molecule has 180 valence electrons. The van der Waals surface area contributed by atoms with Crippen molar-refractivity contribution in [3.05, 3.63) is 71.0 Å². The van der Waals surface area contributed by atoms with Crippen LogP contribution < -0.4 is 5.32 Å². The van der Waals surface area contributed by atoms with Gasteiger partial charge in [0.2, 0.25) is 11.8 Å². The van der Waals surface area contributed by atoms with Crippen molar-refractivity contribution in [1.82, 2.24) is 10.2 Å². The van der Waals surface area contributed by atoms with E-state index in [0.29, 0.717) is 19.3 Å². The summed E-state index contributed by atoms with van der Waals surface area (Å²) < 4.78 is 13.4. The molecular formula is C28H39FN2O2. The highest BCUT2D eigenvalue weighted by Gasteiger charge is 2.29. The fraction of sp³-hybridized carbons (Fsp3) is 0.500. The zero-order valence-corrected chi connectivity index (χ0v) is 21.0. The largest absolute Gasteiger partial charge is 0.352 e. The molecule has 0 bridgehead atoms. The van der Waals surface area contributed by atoms with E-state index in [-0.39, 0.29) is 35.6 Å². The average Bonchev–Trinajstić information content (AvgIpc) is 2.78. The predicted octanol–water partition coefficient (Wildman–Crippen LogP) is 5.78. The van der Waals surface area contributed by atoms with Gasteiger partial charge in [-0.3, -0.25) is 9.59 Å². The van der Waals surface area contributed by atoms with Crippen molar-refractivity contribution >= 4 is 11.8 Å². The van der Waals surface area contributed by atoms with E-state index in [1.807, 2.05) is 20.8 Å². The molecule has 2 rings (SSSR count). The van der Waals surface area contributed by atoms with E-state index in [1.165, 1.54) is 17.7 Å². The molecule has 2 atom stereocenters. The average molecular weight is 455 g/mol. The first-order valence-electron chi connectivity index (χ1n) is 12.0. The van der Waals surface area contributed by atoms with Crippen LogP contribution in [0.15, 0.2) is 48.5 Å². The molecule has 2 aromatic rings. The Hall–Kier alpha value is -2.69. The zero-order chi connectivity index (χ0) is 24.6. The Balaban J connectivity index is 2.19. The molecule has 0 fully saturated rings. The van der Waals surface area contributed by atoms with E-state index in [9.17, 15) is 14.0 Å². The van der Waals surface area contributed by atoms with Crippen LogP contribution in [0.1, 0.15) is 77.5 Å². The van der Waals surface area contributed by atoms with Crippen LogP contribution in [0.4, 0.5) is 4.39 Å². The van der Waals surface area contributed by atoms with Crippen LogP contribution in [0.5, 0.6) is 0 Å². The minimum absolute atomic E-state index is 0.0376. The van der Waals surface area contributed by atoms with Crippen LogP contribution in [0.3, 0.4) is 0 Å². The molecule has 4 nitrogen and oxygen atoms in total. The Morgan fingerprint density at radius 2 is 1.52 bits per heavy atom. The van der Waals surface area contributed by atoms with Gasteiger partial charge < -0.3 is 10.2 Å². The van der Waals surface area contributed by atoms with Gasteiger partial charge >= 0.3 is 0 Å². The van der Waals surface area contributed by atoms with Gasteiger partial charge in [-0.05, 0) is 60.4 Å². The minimum Gasteiger partial charge on any atom is -0.352 e. The Kier molecular flexibility index (Phi) is 9.63. The first-order valence-corrected chi connectivity index (χ1v) is 12.0. The minimum atomic E-state index is -0.570. The van der Waals surface area contributed by atoms with Gasteiger partial charge in [-0.2, -0.15) is 0 Å². The standard InChI is InChI=1S/C28H39FN2O2/c1-7-20(3)30-27(33)25(8-2)31(19-22-11-16-24(29)17-12-22)26(32)18-13-21-9-14-23(15-10-21)28(4,5)6/h9-12,14-17,20,25H,7-8,13,18-19H2,1-6H3,(H,30,33)/t20-,25+/m1/s1. The van der Waals surface area contributed by atoms with E-state index >= 15 is 0 Å². The van der Waals surface area contributed by atoms with Crippen molar-refractivity contribution in [3.8, 4) is 0 Å². The lowest BCUT2D eigenvalue weighted by Gasteiger charge is -2.31. The molecule has 0 heterocycles. The fourth-order valence-electron chi connectivity index (χ4n) is 3.71. The number of hydrogen-bond acceptors (Lipinski definition) is 2. The summed E-state index contributed by atoms with van der Waals surface area (Å²) in [5, 5.41) is 3.01. The highest BCUT2D eigenvalue weighted by molar-refractivity contribution is 5.87. The SMILES string of the molecule is CC[C@@H](C)NC(=O)[C@H](CC)N(Cc1ccc(F)cc1)C(=O)CCc1ccc(C(C)(C)C)cc1. The number of carbonyl (C=O) groups excluding carboxylic acids is 2. The Labute approximate surface area is 198 Å². The van der Waals surface area contributed by atoms with Crippen molar-refractivity contribution in [3.63, 3.8) is 0 Å². The fourth-order valence-corrected chi connectivity index (χ4v) is 3.71. The van der Waals surface area contributed by atoms with E-state index in [4.69, 9.17) is 0 Å². The van der Waals surface area contributed by atoms with Crippen LogP contribution in [0.2, 0.25) is 0 Å². The van der Waals surface area contributed by atoms with Gasteiger partial charge in [0.05, 0.1) is 0 Å². The maximum absolute atomic E-state index is 13.4. The second-order valence-electron chi connectivity index (χ2n) is 9.84. The molecule has 5 heteroatoms. The van der Waals surface area contributed by atoms with Gasteiger partial charge in [-0.1, -0.05) is 71.0 Å². The molecule has 0 spiro atoms. The third-order valence-corrected chi connectivity index (χ3v) is 6.10. The first-order chi connectivity index (χ1) is 15.5. The van der Waals surface area contributed by atoms with Gasteiger partial charge in [0, 0.05) is 19.0 Å². The van der Waals surface area contributed by atoms with Gasteiger partial charge in [0.25, 0.3) is 0 Å². The number of rotatable bonds is 10. The Morgan fingerprint density at radius 3 is 2.03 bits per heavy atom. The lowest BCUT2D eigenvalue weighted by atomic mass is 9.86. The summed E-state index contributed by atoms with van der Waals surface area (Å²) in [5.74, 6) is -0.542. The number of halogens is 1. The molecule has 1 N–H and O–H groups in total. The van der Waals surface area contributed by atoms with Gasteiger partial charge in [0.1, 0.15) is 11.9 Å². The molecule has 0 aromatic heterocycles. The maximum Gasteiger partial charge on any atom is 0.243 e. The van der Waals surface area contributed by atoms with Crippen LogP contribution >= 0.6 is 0 Å². The van der Waals surface area contributed by atoms with Crippen molar-refractivity contribution in [2.24, 2.45) is 0 Å². The molecule has 2 amide bonds. The predicted molar refractivity (Wildman–Crippen MR) is 132 cm³/mol. The highest BCUT2D eigenvalue weighted by atomic mass is 19.1. The van der Waals surface area contributed by atoms with E-state index in [0.717, 1.165) is 17.5 Å². The number of hydrogen-bond donors (Lipinski definition) is 1. The van der Waals surface area contributed by atoms with Crippen molar-refractivity contribution < 1.29 is 14.0 Å². The van der Waals surface area contributed by atoms with Crippen molar-refractivity contribution in [2.45, 2.75) is 91.3 Å². The summed E-state index contributed by atoms with van der Waals surface area (Å²) in [6.07, 6.45) is 2.24. The second kappa shape index (κ2) is 12.0. The normalized spacial score (nSPS) is 13.3. The molecule has 0 unspecified atom stereocenters. The molecule has 0 radical (unpaired) electrons. The number of carbonyl (C=O) groups is 2. The Bertz CT molecular complexity index is 901. The Morgan fingerprint density at radius 1 is 0.939 bits per heavy atom. The summed E-state index contributed by atoms with van der Waals surface area (Å²) in [5.41, 5.74) is 3.23. The number of amides is 2. The maximum atomic E-state index is 13.4. The monoisotopic (exact) mass is 454 g/mol. The molecule has 0 saturated heterocycles. The number of benzene rings is 2. The number of nitrogens with one attached hydrogen (secondary N) is 1. The molecule has 0 saturated carbocycles. The van der Waals surface area contributed by atoms with Crippen LogP contribution in [0, 0.1) is 5.82 Å². The van der Waals surface area contributed by atoms with E-state index in [2.05, 4.69) is 50.4 Å². The topological polar surface area (TPSA) is 49.4 Å². The van der Waals surface area contributed by atoms with Crippen molar-refractivity contribution in [2.75, 3.05) is 0 Å². The van der Waals surface area contributed by atoms with Crippen molar-refractivity contribution in [1.29, 1.82) is 0 Å². The zero-order valence-electron chi connectivity index (χ0n) is 21.0. The summed E-state index contributed by atoms with van der Waals surface area (Å²) in [6, 6.07) is 13.9. The lowest BCUT2D eigenvalue weighted by Crippen LogP contribution is -2.50. The molecule has 33 heavy (non-hydrogen) atoms. The molecule has 0 aliphatic rings. The van der Waals surface area contributed by atoms with Gasteiger partial charge in [0.15, 0.2) is 0 Å². The van der Waals surface area contributed by atoms with Crippen LogP contribution in [-0.2, 0) is 28.0 Å². The summed E-state index contributed by atoms with van der Waals surface area (Å²) in [4.78, 5) is 28.0. The third-order valence-electron chi connectivity index (χ3n) is 6.10. The number of nitrogens with zero attached hydrogens (tertiary/aromatic N) is 1. The van der Waals surface area contributed by atoms with E-state index in [1.54, 1.807) is 17.0 Å². The summed E-state index contributed by atoms with van der Waals surface area (Å²) >= 11 is 0. The molecule has 0 aliphatic heterocycles. The van der Waals surface area contributed by atoms with Gasteiger partial charge in [-0.15, -0.1) is 0 Å². The second-order valence-corrected chi connectivity index (χ2v) is 9.84. The summed E-state index contributed by atoms with van der Waals surface area (Å²) in [7, 11) is 0. The highest BCUT2D eigenvalue weighted by Crippen LogP contribution is 2.23. The smallest absolute Gasteiger partial charge is 0.243 e. The quantitative estimate of drug-likeness (QED) is 0.495. The molecular weight excluding hydrogens is 415 g/mol. The van der Waals surface area contributed by atoms with Crippen LogP contribution in [0.25, 0.3) is 0 Å². The van der Waals surface area contributed by atoms with Gasteiger partial charge in [-0.25, -0.2) is 4.39 Å². The summed E-state index contributed by atoms with van der Waals surface area (Å²) in [6.45, 7) is 12.7. The first kappa shape index (κ1) is 26.6. The lowest BCUT2D eigenvalue weighted by molar-refractivity contribution is -0.141. The van der Waals surface area contributed by atoms with E-state index < -0.39 is 6.04 Å².